The van der Waals surface area contributed by atoms with Crippen LogP contribution >= 0.6 is 0 Å². The molecule has 0 atom stereocenters. The molecule has 0 aliphatic heterocycles. The first kappa shape index (κ1) is 32.4. The topological polar surface area (TPSA) is 74.6 Å². The molecule has 0 aromatic heterocycles. The number of rotatable bonds is 4. The maximum atomic E-state index is 13.7. The molecule has 4 heteroatoms. The molecule has 0 aromatic carbocycles. The van der Waals surface area contributed by atoms with Crippen LogP contribution in [0.15, 0.2) is 34.9 Å². The molecule has 4 nitrogen and oxygen atoms in total. The number of hydrogen-bond donors (Lipinski definition) is 2. The van der Waals surface area contributed by atoms with E-state index in [4.69, 9.17) is 9.90 Å². The second kappa shape index (κ2) is 19.3. The van der Waals surface area contributed by atoms with Gasteiger partial charge in [-0.15, -0.1) is 0 Å². The lowest BCUT2D eigenvalue weighted by Gasteiger charge is -2.39. The van der Waals surface area contributed by atoms with E-state index >= 15 is 0 Å². The lowest BCUT2D eigenvalue weighted by molar-refractivity contribution is -0.143. The van der Waals surface area contributed by atoms with Crippen LogP contribution in [0.1, 0.15) is 161 Å². The molecule has 0 saturated heterocycles. The average molecular weight is 529 g/mol. The summed E-state index contributed by atoms with van der Waals surface area (Å²) in [5, 5.41) is 18.6. The zero-order valence-corrected chi connectivity index (χ0v) is 24.4. The fourth-order valence-electron chi connectivity index (χ4n) is 6.69. The summed E-state index contributed by atoms with van der Waals surface area (Å²) in [5.41, 5.74) is 2.85. The molecule has 0 radical (unpaired) electrons. The number of carboxylic acids is 2. The maximum Gasteiger partial charge on any atom is 0.322 e. The summed E-state index contributed by atoms with van der Waals surface area (Å²) in [4.78, 5) is 22.7. The Morgan fingerprint density at radius 2 is 0.737 bits per heavy atom. The van der Waals surface area contributed by atoms with E-state index in [2.05, 4.69) is 18.2 Å². The van der Waals surface area contributed by atoms with Gasteiger partial charge in [0, 0.05) is 6.92 Å². The second-order valence-corrected chi connectivity index (χ2v) is 11.7. The van der Waals surface area contributed by atoms with Gasteiger partial charge >= 0.3 is 5.97 Å². The molecule has 0 amide bonds. The third kappa shape index (κ3) is 11.1. The van der Waals surface area contributed by atoms with Gasteiger partial charge in [0.05, 0.1) is 0 Å². The summed E-state index contributed by atoms with van der Waals surface area (Å²) >= 11 is 0. The van der Waals surface area contributed by atoms with E-state index in [0.29, 0.717) is 0 Å². The van der Waals surface area contributed by atoms with Crippen molar-refractivity contribution >= 4 is 11.9 Å². The van der Waals surface area contributed by atoms with Crippen molar-refractivity contribution in [3.8, 4) is 0 Å². The number of allylic oxidation sites excluding steroid dienone is 3. The molecular formula is C34H56O4. The molecule has 0 heterocycles. The zero-order valence-electron chi connectivity index (χ0n) is 24.4. The average Bonchev–Trinajstić information content (AvgIpc) is 2.90. The normalized spacial score (nSPS) is 23.0. The first-order chi connectivity index (χ1) is 18.5. The Morgan fingerprint density at radius 3 is 1.00 bits per heavy atom. The first-order valence-electron chi connectivity index (χ1n) is 16.0. The van der Waals surface area contributed by atoms with Gasteiger partial charge in [-0.2, -0.15) is 0 Å². The van der Waals surface area contributed by atoms with E-state index in [-0.39, 0.29) is 0 Å². The number of hydrogen-bond acceptors (Lipinski definition) is 2. The van der Waals surface area contributed by atoms with Crippen molar-refractivity contribution in [3.63, 3.8) is 0 Å². The monoisotopic (exact) mass is 528 g/mol. The van der Waals surface area contributed by atoms with Crippen LogP contribution in [0.4, 0.5) is 0 Å². The van der Waals surface area contributed by atoms with Gasteiger partial charge < -0.3 is 10.2 Å². The highest BCUT2D eigenvalue weighted by Crippen LogP contribution is 2.50. The van der Waals surface area contributed by atoms with Crippen molar-refractivity contribution in [3.05, 3.63) is 34.9 Å². The smallest absolute Gasteiger partial charge is 0.322 e. The molecule has 0 unspecified atom stereocenters. The van der Waals surface area contributed by atoms with Crippen molar-refractivity contribution in [2.24, 2.45) is 5.41 Å². The molecule has 2 N–H and O–H groups in total. The third-order valence-electron chi connectivity index (χ3n) is 8.64. The summed E-state index contributed by atoms with van der Waals surface area (Å²) in [6.45, 7) is 1.08. The van der Waals surface area contributed by atoms with E-state index in [0.717, 1.165) is 64.7 Å². The molecule has 0 spiro atoms. The maximum absolute atomic E-state index is 13.7. The van der Waals surface area contributed by atoms with Crippen LogP contribution in [0.2, 0.25) is 0 Å². The van der Waals surface area contributed by atoms with Crippen molar-refractivity contribution in [1.82, 2.24) is 0 Å². The third-order valence-corrected chi connectivity index (χ3v) is 8.64. The second-order valence-electron chi connectivity index (χ2n) is 11.7. The van der Waals surface area contributed by atoms with Crippen molar-refractivity contribution < 1.29 is 19.8 Å². The minimum Gasteiger partial charge on any atom is -0.481 e. The summed E-state index contributed by atoms with van der Waals surface area (Å²) in [6, 6.07) is 0. The Kier molecular flexibility index (Phi) is 16.4. The van der Waals surface area contributed by atoms with Crippen molar-refractivity contribution in [2.45, 2.75) is 161 Å². The van der Waals surface area contributed by atoms with Gasteiger partial charge in [-0.1, -0.05) is 95.3 Å². The fraction of sp³-hybridized carbons (Fsp3) is 0.765. The van der Waals surface area contributed by atoms with Gasteiger partial charge in [0.1, 0.15) is 5.41 Å². The fourth-order valence-corrected chi connectivity index (χ4v) is 6.69. The number of aliphatic carboxylic acids is 2. The van der Waals surface area contributed by atoms with Gasteiger partial charge in [0.25, 0.3) is 5.97 Å². The Morgan fingerprint density at radius 1 is 0.500 bits per heavy atom. The van der Waals surface area contributed by atoms with E-state index in [9.17, 15) is 9.90 Å². The highest BCUT2D eigenvalue weighted by atomic mass is 16.4. The zero-order chi connectivity index (χ0) is 27.5. The molecule has 3 aliphatic rings. The van der Waals surface area contributed by atoms with Crippen LogP contribution in [-0.4, -0.2) is 22.2 Å². The highest BCUT2D eigenvalue weighted by Gasteiger charge is 2.47. The van der Waals surface area contributed by atoms with E-state index in [1.165, 1.54) is 113 Å². The lowest BCUT2D eigenvalue weighted by Crippen LogP contribution is -2.38. The largest absolute Gasteiger partial charge is 0.481 e. The molecule has 0 aromatic rings. The number of carbonyl (C=O) groups is 2. The minimum atomic E-state index is -0.877. The van der Waals surface area contributed by atoms with Crippen LogP contribution in [-0.2, 0) is 9.59 Å². The van der Waals surface area contributed by atoms with Gasteiger partial charge in [-0.05, 0) is 93.8 Å². The first-order valence-corrected chi connectivity index (χ1v) is 16.0. The molecule has 0 fully saturated rings. The SMILES string of the molecule is CC(=O)O.O=C(O)C(C1=CCCCCCCCC1)(C1=CCCCCCCCC1)C1=CCCCCCCCC1. The quantitative estimate of drug-likeness (QED) is 0.356. The van der Waals surface area contributed by atoms with Crippen molar-refractivity contribution in [2.75, 3.05) is 0 Å². The number of carboxylic acid groups (broad SMARTS) is 2. The van der Waals surface area contributed by atoms with E-state index < -0.39 is 17.4 Å². The van der Waals surface area contributed by atoms with E-state index in [1.54, 1.807) is 0 Å². The summed E-state index contributed by atoms with van der Waals surface area (Å²) in [5.74, 6) is -1.41. The highest BCUT2D eigenvalue weighted by molar-refractivity contribution is 5.87. The Hall–Kier alpha value is -1.84. The Labute approximate surface area is 233 Å². The molecule has 3 rings (SSSR count). The van der Waals surface area contributed by atoms with Crippen molar-refractivity contribution in [1.29, 1.82) is 0 Å². The van der Waals surface area contributed by atoms with Crippen LogP contribution in [0.25, 0.3) is 0 Å². The van der Waals surface area contributed by atoms with Crippen LogP contribution in [0.5, 0.6) is 0 Å². The lowest BCUT2D eigenvalue weighted by atomic mass is 9.63. The van der Waals surface area contributed by atoms with Gasteiger partial charge in [-0.3, -0.25) is 9.59 Å². The van der Waals surface area contributed by atoms with Gasteiger partial charge in [-0.25, -0.2) is 0 Å². The molecule has 0 bridgehead atoms. The van der Waals surface area contributed by atoms with Gasteiger partial charge in [0.15, 0.2) is 0 Å². The molecule has 0 saturated carbocycles. The minimum absolute atomic E-state index is 0.581. The predicted octanol–water partition coefficient (Wildman–Crippen LogP) is 10.3. The van der Waals surface area contributed by atoms with Crippen LogP contribution < -0.4 is 0 Å². The van der Waals surface area contributed by atoms with E-state index in [1.807, 2.05) is 0 Å². The Bertz CT molecular complexity index is 701. The Balaban J connectivity index is 0.00000118. The van der Waals surface area contributed by atoms with Crippen LogP contribution in [0.3, 0.4) is 0 Å². The summed E-state index contributed by atoms with van der Waals surface area (Å²) in [6.07, 6.45) is 35.8. The molecule has 38 heavy (non-hydrogen) atoms. The molecule has 216 valence electrons. The molecular weight excluding hydrogens is 472 g/mol. The summed E-state index contributed by atoms with van der Waals surface area (Å²) < 4.78 is 0. The van der Waals surface area contributed by atoms with Crippen LogP contribution in [0, 0.1) is 5.41 Å². The summed E-state index contributed by atoms with van der Waals surface area (Å²) in [7, 11) is 0. The van der Waals surface area contributed by atoms with Gasteiger partial charge in [0.2, 0.25) is 0 Å². The molecule has 3 aliphatic carbocycles. The predicted molar refractivity (Wildman–Crippen MR) is 158 cm³/mol. The standard InChI is InChI=1S/C32H52O2.C2H4O2/c33-31(34)32(28-22-16-10-4-1-5-11-17-23-28,29-24-18-12-6-2-7-13-19-25-29)30-26-20-14-8-3-9-15-21-27-30;1-2(3)4/h22,24,26H,1-21,23,25,27H2,(H,33,34);1H3,(H,3,4).